The van der Waals surface area contributed by atoms with Gasteiger partial charge in [0, 0.05) is 0 Å². The molecule has 112 valence electrons. The zero-order valence-corrected chi connectivity index (χ0v) is 12.5. The number of amides is 2. The summed E-state index contributed by atoms with van der Waals surface area (Å²) < 4.78 is 0. The Labute approximate surface area is 119 Å². The van der Waals surface area contributed by atoms with Gasteiger partial charge in [-0.1, -0.05) is 12.2 Å². The van der Waals surface area contributed by atoms with E-state index >= 15 is 0 Å². The predicted molar refractivity (Wildman–Crippen MR) is 74.1 cm³/mol. The largest absolute Gasteiger partial charge is 0.338 e. The van der Waals surface area contributed by atoms with Crippen LogP contribution in [0.25, 0.3) is 0 Å². The van der Waals surface area contributed by atoms with Gasteiger partial charge in [-0.15, -0.1) is 13.2 Å². The molecule has 2 amide bonds. The van der Waals surface area contributed by atoms with Gasteiger partial charge in [-0.3, -0.25) is 19.3 Å². The number of rotatable bonds is 6. The second kappa shape index (κ2) is 5.76. The molecule has 1 fully saturated rings. The lowest BCUT2D eigenvalue weighted by Gasteiger charge is -2.54. The van der Waals surface area contributed by atoms with Gasteiger partial charge in [0.15, 0.2) is 0 Å². The second-order valence-corrected chi connectivity index (χ2v) is 5.49. The molecule has 1 heterocycles. The number of hydroxylamine groups is 4. The van der Waals surface area contributed by atoms with Gasteiger partial charge < -0.3 is 0 Å². The summed E-state index contributed by atoms with van der Waals surface area (Å²) in [5.74, 6) is -1.53. The summed E-state index contributed by atoms with van der Waals surface area (Å²) in [6, 6.07) is 0. The summed E-state index contributed by atoms with van der Waals surface area (Å²) in [5.41, 5.74) is -1.55. The SMILES string of the molecule is C=CCON1C(=O)C(=O)N(OCC=C)C(C)(C)C1(C)C. The maximum atomic E-state index is 12.2. The van der Waals surface area contributed by atoms with Crippen LogP contribution in [0.2, 0.25) is 0 Å². The van der Waals surface area contributed by atoms with E-state index < -0.39 is 22.9 Å². The fraction of sp³-hybridized carbons (Fsp3) is 0.571. The van der Waals surface area contributed by atoms with E-state index in [9.17, 15) is 9.59 Å². The predicted octanol–water partition coefficient (Wildman–Crippen LogP) is 1.45. The van der Waals surface area contributed by atoms with Crippen LogP contribution in [-0.2, 0) is 19.3 Å². The maximum Gasteiger partial charge on any atom is 0.338 e. The summed E-state index contributed by atoms with van der Waals surface area (Å²) in [7, 11) is 0. The van der Waals surface area contributed by atoms with Crippen molar-refractivity contribution in [2.45, 2.75) is 38.8 Å². The third kappa shape index (κ3) is 2.48. The van der Waals surface area contributed by atoms with Crippen molar-refractivity contribution >= 4 is 11.8 Å². The normalized spacial score (nSPS) is 21.0. The minimum Gasteiger partial charge on any atom is -0.266 e. The van der Waals surface area contributed by atoms with Gasteiger partial charge in [0.25, 0.3) is 0 Å². The molecule has 0 aromatic carbocycles. The van der Waals surface area contributed by atoms with Crippen LogP contribution >= 0.6 is 0 Å². The van der Waals surface area contributed by atoms with E-state index in [0.29, 0.717) is 0 Å². The molecule has 1 rings (SSSR count). The Hall–Kier alpha value is -1.66. The molecule has 6 nitrogen and oxygen atoms in total. The van der Waals surface area contributed by atoms with Crippen molar-refractivity contribution < 1.29 is 19.3 Å². The minimum absolute atomic E-state index is 0.145. The fourth-order valence-corrected chi connectivity index (χ4v) is 1.87. The molecule has 0 aromatic heterocycles. The number of carbonyl (C=O) groups excluding carboxylic acids is 2. The van der Waals surface area contributed by atoms with E-state index in [1.165, 1.54) is 12.2 Å². The molecule has 0 radical (unpaired) electrons. The number of hydrogen-bond donors (Lipinski definition) is 0. The van der Waals surface area contributed by atoms with Crippen molar-refractivity contribution in [3.8, 4) is 0 Å². The highest BCUT2D eigenvalue weighted by Gasteiger charge is 2.58. The van der Waals surface area contributed by atoms with Gasteiger partial charge in [0.2, 0.25) is 0 Å². The quantitative estimate of drug-likeness (QED) is 0.546. The lowest BCUT2D eigenvalue weighted by atomic mass is 9.79. The van der Waals surface area contributed by atoms with Crippen LogP contribution in [0.5, 0.6) is 0 Å². The third-order valence-electron chi connectivity index (χ3n) is 3.71. The van der Waals surface area contributed by atoms with Gasteiger partial charge in [-0.25, -0.2) is 10.1 Å². The number of hydrogen-bond acceptors (Lipinski definition) is 4. The van der Waals surface area contributed by atoms with Crippen LogP contribution < -0.4 is 0 Å². The average Bonchev–Trinajstić information content (AvgIpc) is 2.37. The van der Waals surface area contributed by atoms with Crippen LogP contribution in [0.3, 0.4) is 0 Å². The average molecular weight is 282 g/mol. The minimum atomic E-state index is -0.776. The summed E-state index contributed by atoms with van der Waals surface area (Å²) in [6.45, 7) is 14.6. The standard InChI is InChI=1S/C14H22N2O4/c1-7-9-19-15-11(17)12(18)16(20-10-8-2)14(5,6)13(15,3)4/h7-8H,1-2,9-10H2,3-6H3. The van der Waals surface area contributed by atoms with E-state index in [0.717, 1.165) is 10.1 Å². The monoisotopic (exact) mass is 282 g/mol. The Kier molecular flexibility index (Phi) is 4.73. The Balaban J connectivity index is 3.14. The molecule has 0 saturated carbocycles. The molecule has 0 N–H and O–H groups in total. The van der Waals surface area contributed by atoms with Crippen molar-refractivity contribution in [3.05, 3.63) is 25.3 Å². The van der Waals surface area contributed by atoms with Crippen molar-refractivity contribution in [1.82, 2.24) is 10.1 Å². The molecule has 0 spiro atoms. The molecule has 0 unspecified atom stereocenters. The van der Waals surface area contributed by atoms with Gasteiger partial charge >= 0.3 is 11.8 Å². The van der Waals surface area contributed by atoms with Crippen molar-refractivity contribution in [2.75, 3.05) is 13.2 Å². The van der Waals surface area contributed by atoms with E-state index in [2.05, 4.69) is 13.2 Å². The van der Waals surface area contributed by atoms with Crippen LogP contribution in [-0.4, -0.2) is 46.2 Å². The molecule has 1 aliphatic rings. The Morgan fingerprint density at radius 3 is 1.45 bits per heavy atom. The van der Waals surface area contributed by atoms with Crippen LogP contribution in [0.1, 0.15) is 27.7 Å². The van der Waals surface area contributed by atoms with E-state index in [4.69, 9.17) is 9.68 Å². The van der Waals surface area contributed by atoms with E-state index in [1.807, 2.05) is 27.7 Å². The van der Waals surface area contributed by atoms with Gasteiger partial charge in [0.1, 0.15) is 0 Å². The first kappa shape index (κ1) is 16.4. The number of nitrogens with zero attached hydrogens (tertiary/aromatic N) is 2. The molecule has 0 atom stereocenters. The first-order valence-corrected chi connectivity index (χ1v) is 6.38. The molecule has 6 heteroatoms. The first-order valence-electron chi connectivity index (χ1n) is 6.38. The third-order valence-corrected chi connectivity index (χ3v) is 3.71. The molecular weight excluding hydrogens is 260 g/mol. The van der Waals surface area contributed by atoms with E-state index in [-0.39, 0.29) is 13.2 Å². The smallest absolute Gasteiger partial charge is 0.266 e. The molecular formula is C14H22N2O4. The zero-order valence-electron chi connectivity index (χ0n) is 12.5. The highest BCUT2D eigenvalue weighted by molar-refractivity contribution is 6.35. The Bertz CT molecular complexity index is 389. The molecule has 20 heavy (non-hydrogen) atoms. The van der Waals surface area contributed by atoms with Gasteiger partial charge in [-0.05, 0) is 27.7 Å². The van der Waals surface area contributed by atoms with Crippen molar-refractivity contribution in [2.24, 2.45) is 0 Å². The summed E-state index contributed by atoms with van der Waals surface area (Å²) in [6.07, 6.45) is 3.03. The fourth-order valence-electron chi connectivity index (χ4n) is 1.87. The van der Waals surface area contributed by atoms with Gasteiger partial charge in [-0.2, -0.15) is 0 Å². The molecule has 0 bridgehead atoms. The number of carbonyl (C=O) groups is 2. The van der Waals surface area contributed by atoms with Crippen LogP contribution in [0, 0.1) is 0 Å². The van der Waals surface area contributed by atoms with Crippen LogP contribution in [0.4, 0.5) is 0 Å². The summed E-state index contributed by atoms with van der Waals surface area (Å²) >= 11 is 0. The molecule has 1 saturated heterocycles. The van der Waals surface area contributed by atoms with Crippen LogP contribution in [0.15, 0.2) is 25.3 Å². The molecule has 0 aliphatic carbocycles. The molecule has 0 aromatic rings. The van der Waals surface area contributed by atoms with E-state index in [1.54, 1.807) is 0 Å². The molecule has 1 aliphatic heterocycles. The zero-order chi connectivity index (χ0) is 15.6. The highest BCUT2D eigenvalue weighted by atomic mass is 16.7. The Morgan fingerprint density at radius 1 is 0.900 bits per heavy atom. The van der Waals surface area contributed by atoms with Gasteiger partial charge in [0.05, 0.1) is 24.3 Å². The second-order valence-electron chi connectivity index (χ2n) is 5.49. The summed E-state index contributed by atoms with van der Waals surface area (Å²) in [4.78, 5) is 35.1. The van der Waals surface area contributed by atoms with Crippen molar-refractivity contribution in [1.29, 1.82) is 0 Å². The van der Waals surface area contributed by atoms with Crippen molar-refractivity contribution in [3.63, 3.8) is 0 Å². The topological polar surface area (TPSA) is 59.1 Å². The number of piperazine rings is 1. The lowest BCUT2D eigenvalue weighted by molar-refractivity contribution is -0.292. The first-order chi connectivity index (χ1) is 9.21. The lowest BCUT2D eigenvalue weighted by Crippen LogP contribution is -2.74. The maximum absolute atomic E-state index is 12.2. The highest BCUT2D eigenvalue weighted by Crippen LogP contribution is 2.38. The summed E-state index contributed by atoms with van der Waals surface area (Å²) in [5, 5.41) is 2.20. The Morgan fingerprint density at radius 2 is 1.20 bits per heavy atom.